The number of likely N-dealkylation sites (tertiary alicyclic amines) is 1. The van der Waals surface area contributed by atoms with Crippen molar-refractivity contribution < 1.29 is 4.79 Å². The molecule has 0 N–H and O–H groups in total. The molecule has 118 valence electrons. The number of carbonyl (C=O) groups is 1. The Morgan fingerprint density at radius 3 is 3.00 bits per heavy atom. The van der Waals surface area contributed by atoms with Gasteiger partial charge >= 0.3 is 0 Å². The van der Waals surface area contributed by atoms with Gasteiger partial charge in [-0.05, 0) is 31.6 Å². The molecule has 1 saturated heterocycles. The number of rotatable bonds is 6. The normalized spacial score (nSPS) is 19.2. The number of amides is 1. The molecule has 2 rings (SSSR count). The Kier molecular flexibility index (Phi) is 5.76. The Morgan fingerprint density at radius 2 is 2.29 bits per heavy atom. The smallest absolute Gasteiger partial charge is 0.225 e. The molecule has 1 aromatic heterocycles. The van der Waals surface area contributed by atoms with Gasteiger partial charge in [0.1, 0.15) is 0 Å². The average Bonchev–Trinajstić information content (AvgIpc) is 2.92. The summed E-state index contributed by atoms with van der Waals surface area (Å²) in [6, 6.07) is 0. The highest BCUT2D eigenvalue weighted by molar-refractivity contribution is 5.78. The molecule has 1 fully saturated rings. The molecule has 5 nitrogen and oxygen atoms in total. The summed E-state index contributed by atoms with van der Waals surface area (Å²) in [6.45, 7) is 8.79. The fourth-order valence-corrected chi connectivity index (χ4v) is 2.94. The highest BCUT2D eigenvalue weighted by Gasteiger charge is 2.25. The quantitative estimate of drug-likeness (QED) is 0.809. The van der Waals surface area contributed by atoms with Crippen molar-refractivity contribution in [3.63, 3.8) is 0 Å². The molecular weight excluding hydrogens is 264 g/mol. The van der Waals surface area contributed by atoms with Crippen LogP contribution in [0.3, 0.4) is 0 Å². The topological polar surface area (TPSA) is 51.0 Å². The maximum atomic E-state index is 12.1. The summed E-state index contributed by atoms with van der Waals surface area (Å²) in [7, 11) is 0. The molecule has 0 aliphatic carbocycles. The van der Waals surface area contributed by atoms with E-state index in [1.165, 1.54) is 19.3 Å². The van der Waals surface area contributed by atoms with Crippen LogP contribution in [0.5, 0.6) is 0 Å². The first-order valence-electron chi connectivity index (χ1n) is 8.28. The second kappa shape index (κ2) is 7.57. The van der Waals surface area contributed by atoms with Crippen LogP contribution >= 0.6 is 0 Å². The van der Waals surface area contributed by atoms with E-state index >= 15 is 0 Å². The van der Waals surface area contributed by atoms with E-state index < -0.39 is 0 Å². The standard InChI is InChI=1S/C16H28N4O/c1-4-5-8-15-12-20(18-17-15)11-14-7-6-9-19(10-14)16(21)13(2)3/h12-14H,4-11H2,1-3H3. The maximum absolute atomic E-state index is 12.1. The van der Waals surface area contributed by atoms with E-state index in [9.17, 15) is 4.79 Å². The lowest BCUT2D eigenvalue weighted by atomic mass is 9.97. The molecule has 0 spiro atoms. The molecule has 0 saturated carbocycles. The van der Waals surface area contributed by atoms with Crippen LogP contribution in [0.4, 0.5) is 0 Å². The lowest BCUT2D eigenvalue weighted by Gasteiger charge is -2.33. The number of aryl methyl sites for hydroxylation is 1. The van der Waals surface area contributed by atoms with E-state index in [4.69, 9.17) is 0 Å². The first kappa shape index (κ1) is 16.0. The van der Waals surface area contributed by atoms with Gasteiger partial charge in [0.2, 0.25) is 5.91 Å². The number of carbonyl (C=O) groups excluding carboxylic acids is 1. The Bertz CT molecular complexity index is 455. The monoisotopic (exact) mass is 292 g/mol. The first-order chi connectivity index (χ1) is 10.1. The minimum absolute atomic E-state index is 0.0933. The molecule has 5 heteroatoms. The molecule has 1 aromatic rings. The van der Waals surface area contributed by atoms with Crippen molar-refractivity contribution in [2.24, 2.45) is 11.8 Å². The van der Waals surface area contributed by atoms with Gasteiger partial charge in [0.25, 0.3) is 0 Å². The van der Waals surface area contributed by atoms with E-state index in [1.807, 2.05) is 23.4 Å². The lowest BCUT2D eigenvalue weighted by Crippen LogP contribution is -2.42. The van der Waals surface area contributed by atoms with Gasteiger partial charge in [-0.3, -0.25) is 9.48 Å². The summed E-state index contributed by atoms with van der Waals surface area (Å²) >= 11 is 0. The fourth-order valence-electron chi connectivity index (χ4n) is 2.94. The largest absolute Gasteiger partial charge is 0.342 e. The minimum Gasteiger partial charge on any atom is -0.342 e. The molecule has 0 radical (unpaired) electrons. The van der Waals surface area contributed by atoms with Crippen molar-refractivity contribution in [1.82, 2.24) is 19.9 Å². The van der Waals surface area contributed by atoms with Gasteiger partial charge in [-0.15, -0.1) is 5.10 Å². The molecule has 21 heavy (non-hydrogen) atoms. The zero-order chi connectivity index (χ0) is 15.2. The van der Waals surface area contributed by atoms with Gasteiger partial charge in [-0.2, -0.15) is 0 Å². The van der Waals surface area contributed by atoms with E-state index in [-0.39, 0.29) is 11.8 Å². The second-order valence-corrected chi connectivity index (χ2v) is 6.48. The number of piperidine rings is 1. The Hall–Kier alpha value is -1.39. The summed E-state index contributed by atoms with van der Waals surface area (Å²) in [5.74, 6) is 0.875. The number of unbranched alkanes of at least 4 members (excludes halogenated alkanes) is 1. The van der Waals surface area contributed by atoms with Crippen LogP contribution in [-0.4, -0.2) is 38.9 Å². The van der Waals surface area contributed by atoms with Gasteiger partial charge in [-0.25, -0.2) is 0 Å². The van der Waals surface area contributed by atoms with Crippen LogP contribution in [0.15, 0.2) is 6.20 Å². The second-order valence-electron chi connectivity index (χ2n) is 6.48. The fraction of sp³-hybridized carbons (Fsp3) is 0.812. The van der Waals surface area contributed by atoms with Crippen molar-refractivity contribution in [2.75, 3.05) is 13.1 Å². The molecule has 1 atom stereocenters. The molecule has 1 aliphatic rings. The average molecular weight is 292 g/mol. The molecule has 1 amide bonds. The van der Waals surface area contributed by atoms with Crippen molar-refractivity contribution in [3.8, 4) is 0 Å². The first-order valence-corrected chi connectivity index (χ1v) is 8.28. The van der Waals surface area contributed by atoms with E-state index in [0.29, 0.717) is 5.92 Å². The molecule has 1 aliphatic heterocycles. The Morgan fingerprint density at radius 1 is 1.48 bits per heavy atom. The van der Waals surface area contributed by atoms with Gasteiger partial charge in [0, 0.05) is 31.7 Å². The van der Waals surface area contributed by atoms with Crippen LogP contribution in [0.1, 0.15) is 52.1 Å². The lowest BCUT2D eigenvalue weighted by molar-refractivity contribution is -0.136. The number of aromatic nitrogens is 3. The maximum Gasteiger partial charge on any atom is 0.225 e. The third-order valence-electron chi connectivity index (χ3n) is 4.14. The van der Waals surface area contributed by atoms with E-state index in [0.717, 1.165) is 38.2 Å². The van der Waals surface area contributed by atoms with Crippen molar-refractivity contribution >= 4 is 5.91 Å². The van der Waals surface area contributed by atoms with Crippen LogP contribution < -0.4 is 0 Å². The van der Waals surface area contributed by atoms with Crippen molar-refractivity contribution in [2.45, 2.75) is 59.4 Å². The predicted molar refractivity (Wildman–Crippen MR) is 82.8 cm³/mol. The zero-order valence-electron chi connectivity index (χ0n) is 13.6. The van der Waals surface area contributed by atoms with Crippen LogP contribution in [0.25, 0.3) is 0 Å². The third-order valence-corrected chi connectivity index (χ3v) is 4.14. The molecule has 0 aromatic carbocycles. The predicted octanol–water partition coefficient (Wildman–Crippen LogP) is 2.52. The minimum atomic E-state index is 0.0933. The number of hydrogen-bond donors (Lipinski definition) is 0. The van der Waals surface area contributed by atoms with Gasteiger partial charge in [-0.1, -0.05) is 32.4 Å². The summed E-state index contributed by atoms with van der Waals surface area (Å²) in [5, 5.41) is 8.47. The number of hydrogen-bond acceptors (Lipinski definition) is 3. The summed E-state index contributed by atoms with van der Waals surface area (Å²) in [4.78, 5) is 14.1. The van der Waals surface area contributed by atoms with E-state index in [2.05, 4.69) is 23.4 Å². The van der Waals surface area contributed by atoms with Crippen LogP contribution in [-0.2, 0) is 17.8 Å². The van der Waals surface area contributed by atoms with Crippen LogP contribution in [0, 0.1) is 11.8 Å². The van der Waals surface area contributed by atoms with E-state index in [1.54, 1.807) is 0 Å². The Labute approximate surface area is 127 Å². The van der Waals surface area contributed by atoms with Crippen molar-refractivity contribution in [3.05, 3.63) is 11.9 Å². The SMILES string of the molecule is CCCCc1cn(CC2CCCN(C(=O)C(C)C)C2)nn1. The highest BCUT2D eigenvalue weighted by Crippen LogP contribution is 2.19. The summed E-state index contributed by atoms with van der Waals surface area (Å²) in [6.07, 6.45) is 7.70. The van der Waals surface area contributed by atoms with Crippen molar-refractivity contribution in [1.29, 1.82) is 0 Å². The van der Waals surface area contributed by atoms with Crippen LogP contribution in [0.2, 0.25) is 0 Å². The summed E-state index contributed by atoms with van der Waals surface area (Å²) < 4.78 is 1.96. The Balaban J connectivity index is 1.87. The molecular formula is C16H28N4O. The molecule has 0 bridgehead atoms. The van der Waals surface area contributed by atoms with Gasteiger partial charge < -0.3 is 4.90 Å². The molecule has 1 unspecified atom stereocenters. The molecule has 2 heterocycles. The van der Waals surface area contributed by atoms with Gasteiger partial charge in [0.05, 0.1) is 5.69 Å². The third kappa shape index (κ3) is 4.55. The summed E-state index contributed by atoms with van der Waals surface area (Å²) in [5.41, 5.74) is 1.09. The van der Waals surface area contributed by atoms with Gasteiger partial charge in [0.15, 0.2) is 0 Å². The zero-order valence-corrected chi connectivity index (χ0v) is 13.6. The highest BCUT2D eigenvalue weighted by atomic mass is 16.2. The number of nitrogens with zero attached hydrogens (tertiary/aromatic N) is 4.